The highest BCUT2D eigenvalue weighted by Crippen LogP contribution is 2.39. The van der Waals surface area contributed by atoms with Crippen LogP contribution < -0.4 is 0 Å². The van der Waals surface area contributed by atoms with E-state index in [1.54, 1.807) is 24.3 Å². The van der Waals surface area contributed by atoms with Crippen LogP contribution >= 0.6 is 0 Å². The van der Waals surface area contributed by atoms with Gasteiger partial charge in [0, 0.05) is 17.5 Å². The molecule has 1 amide bonds. The molecule has 0 bridgehead atoms. The highest BCUT2D eigenvalue weighted by molar-refractivity contribution is 6.03. The minimum atomic E-state index is -1.16. The third-order valence-corrected chi connectivity index (χ3v) is 4.01. The molecule has 0 saturated carbocycles. The Morgan fingerprint density at radius 2 is 1.86 bits per heavy atom. The first-order chi connectivity index (χ1) is 9.78. The highest BCUT2D eigenvalue weighted by Gasteiger charge is 2.53. The molecule has 1 N–H and O–H groups in total. The van der Waals surface area contributed by atoms with Gasteiger partial charge in [0.25, 0.3) is 0 Å². The fourth-order valence-corrected chi connectivity index (χ4v) is 2.64. The number of ketones is 1. The van der Waals surface area contributed by atoms with Gasteiger partial charge in [-0.05, 0) is 0 Å². The van der Waals surface area contributed by atoms with Crippen LogP contribution in [0.25, 0.3) is 0 Å². The lowest BCUT2D eigenvalue weighted by Gasteiger charge is -2.48. The minimum Gasteiger partial charge on any atom is -0.465 e. The Morgan fingerprint density at radius 3 is 2.38 bits per heavy atom. The third-order valence-electron chi connectivity index (χ3n) is 4.01. The Hall–Kier alpha value is -1.88. The van der Waals surface area contributed by atoms with Gasteiger partial charge in [-0.25, -0.2) is 4.79 Å². The van der Waals surface area contributed by atoms with Crippen molar-refractivity contribution in [3.8, 4) is 0 Å². The average molecular weight is 291 g/mol. The molecule has 5 nitrogen and oxygen atoms in total. The fraction of sp³-hybridized carbons (Fsp3) is 0.500. The van der Waals surface area contributed by atoms with Gasteiger partial charge in [-0.15, -0.1) is 0 Å². The quantitative estimate of drug-likeness (QED) is 0.851. The maximum atomic E-state index is 13.0. The molecule has 0 spiro atoms. The van der Waals surface area contributed by atoms with Gasteiger partial charge in [0.15, 0.2) is 11.4 Å². The van der Waals surface area contributed by atoms with Crippen molar-refractivity contribution in [3.05, 3.63) is 35.9 Å². The summed E-state index contributed by atoms with van der Waals surface area (Å²) in [6.07, 6.45) is -1.02. The SMILES string of the molecule is CC(C)(C)[C@@]1(C(=O)c2ccccc2)CN(C(=O)O)CCO1. The van der Waals surface area contributed by atoms with Gasteiger partial charge in [0.2, 0.25) is 0 Å². The Labute approximate surface area is 124 Å². The van der Waals surface area contributed by atoms with Crippen LogP contribution in [0.3, 0.4) is 0 Å². The van der Waals surface area contributed by atoms with Gasteiger partial charge in [-0.3, -0.25) is 4.79 Å². The fourth-order valence-electron chi connectivity index (χ4n) is 2.64. The lowest BCUT2D eigenvalue weighted by atomic mass is 9.71. The van der Waals surface area contributed by atoms with Crippen molar-refractivity contribution >= 4 is 11.9 Å². The maximum absolute atomic E-state index is 13.0. The number of morpholine rings is 1. The molecule has 1 atom stereocenters. The van der Waals surface area contributed by atoms with Crippen molar-refractivity contribution in [3.63, 3.8) is 0 Å². The first-order valence-electron chi connectivity index (χ1n) is 6.99. The summed E-state index contributed by atoms with van der Waals surface area (Å²) < 4.78 is 5.87. The van der Waals surface area contributed by atoms with Crippen LogP contribution in [0.15, 0.2) is 30.3 Å². The third kappa shape index (κ3) is 2.78. The second-order valence-corrected chi connectivity index (χ2v) is 6.32. The molecule has 1 saturated heterocycles. The normalized spacial score (nSPS) is 22.9. The standard InChI is InChI=1S/C16H21NO4/c1-15(2,3)16(11-17(14(19)20)9-10-21-16)13(18)12-7-5-4-6-8-12/h4-8H,9-11H2,1-3H3,(H,19,20)/t16-/m0/s1. The molecule has 21 heavy (non-hydrogen) atoms. The molecule has 5 heteroatoms. The van der Waals surface area contributed by atoms with Crippen LogP contribution in [0.4, 0.5) is 4.79 Å². The summed E-state index contributed by atoms with van der Waals surface area (Å²) in [6, 6.07) is 8.90. The molecule has 114 valence electrons. The van der Waals surface area contributed by atoms with E-state index in [9.17, 15) is 14.7 Å². The molecule has 1 heterocycles. The average Bonchev–Trinajstić information content (AvgIpc) is 2.46. The van der Waals surface area contributed by atoms with Crippen molar-refractivity contribution in [1.82, 2.24) is 4.90 Å². The molecule has 2 rings (SSSR count). The molecule has 1 aliphatic heterocycles. The van der Waals surface area contributed by atoms with Crippen LogP contribution in [0, 0.1) is 5.41 Å². The van der Waals surface area contributed by atoms with Crippen molar-refractivity contribution < 1.29 is 19.4 Å². The summed E-state index contributed by atoms with van der Waals surface area (Å²) in [6.45, 7) is 6.27. The summed E-state index contributed by atoms with van der Waals surface area (Å²) in [5.41, 5.74) is -1.14. The first-order valence-corrected chi connectivity index (χ1v) is 6.99. The summed E-state index contributed by atoms with van der Waals surface area (Å²) in [4.78, 5) is 25.5. The Kier molecular flexibility index (Phi) is 4.05. The Bertz CT molecular complexity index is 535. The van der Waals surface area contributed by atoms with Crippen LogP contribution in [-0.4, -0.2) is 47.2 Å². The second kappa shape index (κ2) is 5.48. The molecule has 1 aromatic rings. The van der Waals surface area contributed by atoms with Gasteiger partial charge in [-0.2, -0.15) is 0 Å². The van der Waals surface area contributed by atoms with Crippen molar-refractivity contribution in [2.75, 3.05) is 19.7 Å². The van der Waals surface area contributed by atoms with E-state index < -0.39 is 17.1 Å². The Balaban J connectivity index is 2.43. The van der Waals surface area contributed by atoms with Crippen LogP contribution in [0.1, 0.15) is 31.1 Å². The highest BCUT2D eigenvalue weighted by atomic mass is 16.5. The van der Waals surface area contributed by atoms with Gasteiger partial charge >= 0.3 is 6.09 Å². The number of amides is 1. The molecular weight excluding hydrogens is 270 g/mol. The maximum Gasteiger partial charge on any atom is 0.407 e. The van der Waals surface area contributed by atoms with Crippen LogP contribution in [-0.2, 0) is 4.74 Å². The molecule has 1 aliphatic rings. The van der Waals surface area contributed by atoms with Crippen LogP contribution in [0.5, 0.6) is 0 Å². The van der Waals surface area contributed by atoms with E-state index >= 15 is 0 Å². The molecule has 1 fully saturated rings. The molecular formula is C16H21NO4. The van der Waals surface area contributed by atoms with Gasteiger partial charge in [-0.1, -0.05) is 51.1 Å². The van der Waals surface area contributed by atoms with Crippen molar-refractivity contribution in [2.24, 2.45) is 5.41 Å². The molecule has 0 aliphatic carbocycles. The molecule has 0 aromatic heterocycles. The number of nitrogens with zero attached hydrogens (tertiary/aromatic N) is 1. The number of ether oxygens (including phenoxy) is 1. The summed E-state index contributed by atoms with van der Waals surface area (Å²) in [7, 11) is 0. The largest absolute Gasteiger partial charge is 0.465 e. The molecule has 0 unspecified atom stereocenters. The van der Waals surface area contributed by atoms with Crippen molar-refractivity contribution in [1.29, 1.82) is 0 Å². The summed E-state index contributed by atoms with van der Waals surface area (Å²) in [5.74, 6) is -0.165. The Morgan fingerprint density at radius 1 is 1.24 bits per heavy atom. The number of carbonyl (C=O) groups is 2. The van der Waals surface area contributed by atoms with E-state index in [2.05, 4.69) is 0 Å². The van der Waals surface area contributed by atoms with E-state index in [0.29, 0.717) is 5.56 Å². The lowest BCUT2D eigenvalue weighted by molar-refractivity contribution is -0.129. The summed E-state index contributed by atoms with van der Waals surface area (Å²) >= 11 is 0. The van der Waals surface area contributed by atoms with E-state index in [4.69, 9.17) is 4.74 Å². The zero-order valence-corrected chi connectivity index (χ0v) is 12.6. The number of hydrogen-bond donors (Lipinski definition) is 1. The summed E-state index contributed by atoms with van der Waals surface area (Å²) in [5, 5.41) is 9.25. The zero-order valence-electron chi connectivity index (χ0n) is 12.6. The number of Topliss-reactive ketones (excluding diaryl/α,β-unsaturated/α-hetero) is 1. The van der Waals surface area contributed by atoms with E-state index in [1.807, 2.05) is 26.8 Å². The predicted octanol–water partition coefficient (Wildman–Crippen LogP) is 2.66. The lowest BCUT2D eigenvalue weighted by Crippen LogP contribution is -2.63. The number of carboxylic acid groups (broad SMARTS) is 1. The first kappa shape index (κ1) is 15.5. The molecule has 0 radical (unpaired) electrons. The number of rotatable bonds is 2. The predicted molar refractivity (Wildman–Crippen MR) is 78.5 cm³/mol. The van der Waals surface area contributed by atoms with E-state index in [0.717, 1.165) is 0 Å². The smallest absolute Gasteiger partial charge is 0.407 e. The van der Waals surface area contributed by atoms with Gasteiger partial charge in [0.1, 0.15) is 0 Å². The molecule has 1 aromatic carbocycles. The number of hydrogen-bond acceptors (Lipinski definition) is 3. The zero-order chi connectivity index (χ0) is 15.7. The van der Waals surface area contributed by atoms with Crippen molar-refractivity contribution in [2.45, 2.75) is 26.4 Å². The van der Waals surface area contributed by atoms with Gasteiger partial charge in [0.05, 0.1) is 13.2 Å². The number of benzene rings is 1. The topological polar surface area (TPSA) is 66.8 Å². The monoisotopic (exact) mass is 291 g/mol. The van der Waals surface area contributed by atoms with E-state index in [-0.39, 0.29) is 25.5 Å². The number of carbonyl (C=O) groups excluding carboxylic acids is 1. The second-order valence-electron chi connectivity index (χ2n) is 6.32. The van der Waals surface area contributed by atoms with E-state index in [1.165, 1.54) is 4.90 Å². The van der Waals surface area contributed by atoms with Crippen LogP contribution in [0.2, 0.25) is 0 Å². The van der Waals surface area contributed by atoms with Gasteiger partial charge < -0.3 is 14.7 Å². The minimum absolute atomic E-state index is 0.0551.